The minimum atomic E-state index is -3.51. The van der Waals surface area contributed by atoms with Gasteiger partial charge in [-0.05, 0) is 12.1 Å². The van der Waals surface area contributed by atoms with Gasteiger partial charge in [-0.25, -0.2) is 12.8 Å². The highest BCUT2D eigenvalue weighted by Gasteiger charge is 2.23. The zero-order valence-electron chi connectivity index (χ0n) is 9.44. The van der Waals surface area contributed by atoms with Crippen LogP contribution in [0.4, 0.5) is 4.39 Å². The van der Waals surface area contributed by atoms with E-state index < -0.39 is 15.7 Å². The maximum absolute atomic E-state index is 13.8. The lowest BCUT2D eigenvalue weighted by atomic mass is 10.1. The monoisotopic (exact) mass is 288 g/mol. The van der Waals surface area contributed by atoms with Gasteiger partial charge in [0.15, 0.2) is 14.9 Å². The third kappa shape index (κ3) is 2.13. The van der Waals surface area contributed by atoms with Crippen LogP contribution in [-0.4, -0.2) is 24.4 Å². The Morgan fingerprint density at radius 2 is 2.17 bits per heavy atom. The summed E-state index contributed by atoms with van der Waals surface area (Å²) < 4.78 is 37.4. The Hall–Kier alpha value is -1.40. The molecule has 7 heteroatoms. The molecular weight excluding hydrogens is 279 g/mol. The van der Waals surface area contributed by atoms with Crippen LogP contribution in [-0.2, 0) is 9.84 Å². The van der Waals surface area contributed by atoms with E-state index in [2.05, 4.69) is 10.2 Å². The van der Waals surface area contributed by atoms with Gasteiger partial charge in [0.05, 0.1) is 17.0 Å². The number of benzene rings is 1. The van der Waals surface area contributed by atoms with E-state index in [4.69, 9.17) is 11.6 Å². The predicted octanol–water partition coefficient (Wildman–Crippen LogP) is 2.66. The molecule has 1 aromatic carbocycles. The number of aromatic nitrogens is 2. The lowest BCUT2D eigenvalue weighted by Crippen LogP contribution is -2.06. The average molecular weight is 289 g/mol. The summed E-state index contributed by atoms with van der Waals surface area (Å²) in [4.78, 5) is 0. The SMILES string of the molecule is CCS(=O)(=O)c1[nH]ncc1-c1c(F)cccc1Cl. The molecule has 0 atom stereocenters. The number of nitrogens with zero attached hydrogens (tertiary/aromatic N) is 1. The molecule has 0 saturated carbocycles. The van der Waals surface area contributed by atoms with Crippen molar-refractivity contribution in [1.82, 2.24) is 10.2 Å². The Kier molecular flexibility index (Phi) is 3.41. The molecule has 0 spiro atoms. The van der Waals surface area contributed by atoms with Crippen LogP contribution in [0.2, 0.25) is 5.02 Å². The highest BCUT2D eigenvalue weighted by Crippen LogP contribution is 2.33. The minimum absolute atomic E-state index is 0.0416. The van der Waals surface area contributed by atoms with E-state index in [0.29, 0.717) is 0 Å². The van der Waals surface area contributed by atoms with Crippen molar-refractivity contribution < 1.29 is 12.8 Å². The van der Waals surface area contributed by atoms with Gasteiger partial charge in [0, 0.05) is 11.1 Å². The van der Waals surface area contributed by atoms with Crippen LogP contribution < -0.4 is 0 Å². The Balaban J connectivity index is 2.71. The quantitative estimate of drug-likeness (QED) is 0.944. The van der Waals surface area contributed by atoms with Crippen LogP contribution in [0.1, 0.15) is 6.92 Å². The number of hydrogen-bond donors (Lipinski definition) is 1. The smallest absolute Gasteiger partial charge is 0.195 e. The standard InChI is InChI=1S/C11H10ClFN2O2S/c1-2-18(16,17)11-7(6-14-15-11)10-8(12)4-3-5-9(10)13/h3-6H,2H2,1H3,(H,14,15). The molecule has 0 bridgehead atoms. The summed E-state index contributed by atoms with van der Waals surface area (Å²) in [6.07, 6.45) is 1.26. The molecule has 0 saturated heterocycles. The Bertz CT molecular complexity index is 662. The molecule has 1 N–H and O–H groups in total. The first-order chi connectivity index (χ1) is 8.47. The third-order valence-electron chi connectivity index (χ3n) is 2.53. The fraction of sp³-hybridized carbons (Fsp3) is 0.182. The fourth-order valence-electron chi connectivity index (χ4n) is 1.59. The molecule has 0 fully saturated rings. The van der Waals surface area contributed by atoms with Gasteiger partial charge in [-0.3, -0.25) is 5.10 Å². The third-order valence-corrected chi connectivity index (χ3v) is 4.54. The average Bonchev–Trinajstić information content (AvgIpc) is 2.78. The van der Waals surface area contributed by atoms with Crippen LogP contribution in [0.15, 0.2) is 29.4 Å². The van der Waals surface area contributed by atoms with E-state index >= 15 is 0 Å². The van der Waals surface area contributed by atoms with E-state index in [1.165, 1.54) is 31.3 Å². The molecule has 18 heavy (non-hydrogen) atoms. The fourth-order valence-corrected chi connectivity index (χ4v) is 2.82. The van der Waals surface area contributed by atoms with Gasteiger partial charge >= 0.3 is 0 Å². The van der Waals surface area contributed by atoms with E-state index in [0.717, 1.165) is 0 Å². The van der Waals surface area contributed by atoms with Crippen molar-refractivity contribution in [2.75, 3.05) is 5.75 Å². The van der Waals surface area contributed by atoms with Gasteiger partial charge in [-0.15, -0.1) is 0 Å². The van der Waals surface area contributed by atoms with Crippen molar-refractivity contribution in [3.8, 4) is 11.1 Å². The lowest BCUT2D eigenvalue weighted by Gasteiger charge is -2.06. The molecule has 0 unspecified atom stereocenters. The van der Waals surface area contributed by atoms with Crippen LogP contribution in [0.25, 0.3) is 11.1 Å². The largest absolute Gasteiger partial charge is 0.267 e. The first-order valence-corrected chi connectivity index (χ1v) is 7.21. The van der Waals surface area contributed by atoms with E-state index in [-0.39, 0.29) is 26.9 Å². The summed E-state index contributed by atoms with van der Waals surface area (Å²) in [5, 5.41) is 6.08. The van der Waals surface area contributed by atoms with Crippen molar-refractivity contribution in [1.29, 1.82) is 0 Å². The summed E-state index contributed by atoms with van der Waals surface area (Å²) in [5.74, 6) is -0.690. The summed E-state index contributed by atoms with van der Waals surface area (Å²) >= 11 is 5.91. The first-order valence-electron chi connectivity index (χ1n) is 5.18. The number of hydrogen-bond acceptors (Lipinski definition) is 3. The van der Waals surface area contributed by atoms with Gasteiger partial charge in [0.25, 0.3) is 0 Å². The second kappa shape index (κ2) is 4.70. The molecule has 2 rings (SSSR count). The number of rotatable bonds is 3. The van der Waals surface area contributed by atoms with Crippen molar-refractivity contribution in [3.05, 3.63) is 35.2 Å². The molecule has 2 aromatic rings. The molecule has 1 aromatic heterocycles. The van der Waals surface area contributed by atoms with Crippen molar-refractivity contribution in [3.63, 3.8) is 0 Å². The molecule has 4 nitrogen and oxygen atoms in total. The Morgan fingerprint density at radius 1 is 1.44 bits per heavy atom. The van der Waals surface area contributed by atoms with Crippen LogP contribution >= 0.6 is 11.6 Å². The van der Waals surface area contributed by atoms with Crippen molar-refractivity contribution >= 4 is 21.4 Å². The lowest BCUT2D eigenvalue weighted by molar-refractivity contribution is 0.593. The van der Waals surface area contributed by atoms with E-state index in [1.54, 1.807) is 0 Å². The van der Waals surface area contributed by atoms with Gasteiger partial charge in [-0.1, -0.05) is 24.6 Å². The maximum Gasteiger partial charge on any atom is 0.195 e. The highest BCUT2D eigenvalue weighted by atomic mass is 35.5. The molecule has 0 aliphatic rings. The Morgan fingerprint density at radius 3 is 2.78 bits per heavy atom. The van der Waals surface area contributed by atoms with Crippen LogP contribution in [0.3, 0.4) is 0 Å². The number of halogens is 2. The van der Waals surface area contributed by atoms with Crippen molar-refractivity contribution in [2.45, 2.75) is 11.9 Å². The predicted molar refractivity (Wildman–Crippen MR) is 66.7 cm³/mol. The molecule has 0 radical (unpaired) electrons. The Labute approximate surface area is 109 Å². The normalized spacial score (nSPS) is 11.7. The molecule has 0 amide bonds. The second-order valence-electron chi connectivity index (χ2n) is 3.61. The molecule has 1 heterocycles. The van der Waals surface area contributed by atoms with Crippen LogP contribution in [0.5, 0.6) is 0 Å². The highest BCUT2D eigenvalue weighted by molar-refractivity contribution is 7.91. The minimum Gasteiger partial charge on any atom is -0.267 e. The number of nitrogens with one attached hydrogen (secondary N) is 1. The summed E-state index contributed by atoms with van der Waals surface area (Å²) in [7, 11) is -3.51. The van der Waals surface area contributed by atoms with Gasteiger partial charge in [-0.2, -0.15) is 5.10 Å². The zero-order chi connectivity index (χ0) is 13.3. The summed E-state index contributed by atoms with van der Waals surface area (Å²) in [5.41, 5.74) is 0.194. The van der Waals surface area contributed by atoms with Crippen molar-refractivity contribution in [2.24, 2.45) is 0 Å². The van der Waals surface area contributed by atoms with Crippen LogP contribution in [0, 0.1) is 5.82 Å². The van der Waals surface area contributed by atoms with E-state index in [1.807, 2.05) is 0 Å². The zero-order valence-corrected chi connectivity index (χ0v) is 11.0. The molecule has 96 valence electrons. The van der Waals surface area contributed by atoms with E-state index in [9.17, 15) is 12.8 Å². The molecule has 0 aliphatic heterocycles. The topological polar surface area (TPSA) is 62.8 Å². The number of H-pyrrole nitrogens is 1. The number of sulfone groups is 1. The first kappa shape index (κ1) is 13.0. The summed E-state index contributed by atoms with van der Waals surface area (Å²) in [6, 6.07) is 4.17. The maximum atomic E-state index is 13.8. The van der Waals surface area contributed by atoms with Gasteiger partial charge < -0.3 is 0 Å². The molecular formula is C11H10ClFN2O2S. The van der Waals surface area contributed by atoms with Gasteiger partial charge in [0.2, 0.25) is 0 Å². The van der Waals surface area contributed by atoms with Gasteiger partial charge in [0.1, 0.15) is 5.82 Å². The number of aromatic amines is 1. The summed E-state index contributed by atoms with van der Waals surface area (Å²) in [6.45, 7) is 1.50. The molecule has 0 aliphatic carbocycles. The second-order valence-corrected chi connectivity index (χ2v) is 6.24.